The molecule has 0 aromatic heterocycles. The molecule has 0 saturated carbocycles. The van der Waals surface area contributed by atoms with Gasteiger partial charge < -0.3 is 5.11 Å². The monoisotopic (exact) mass is 264 g/mol. The largest absolute Gasteiger partial charge is 0.481 e. The number of hydrogen-bond acceptors (Lipinski definition) is 1. The topological polar surface area (TPSA) is 37.3 Å². The first-order valence-corrected chi connectivity index (χ1v) is 7.83. The zero-order valence-electron chi connectivity index (χ0n) is 12.2. The average molecular weight is 264 g/mol. The smallest absolute Gasteiger partial charge is 0.303 e. The van der Waals surface area contributed by atoms with Gasteiger partial charge in [-0.05, 0) is 31.6 Å². The molecule has 2 heteroatoms. The molecule has 0 bridgehead atoms. The van der Waals surface area contributed by atoms with Crippen molar-refractivity contribution in [2.75, 3.05) is 0 Å². The molecule has 0 heterocycles. The van der Waals surface area contributed by atoms with Crippen LogP contribution < -0.4 is 0 Å². The van der Waals surface area contributed by atoms with Gasteiger partial charge in [-0.3, -0.25) is 4.79 Å². The molecule has 0 amide bonds. The Hall–Kier alpha value is -1.05. The predicted octanol–water partition coefficient (Wildman–Crippen LogP) is 5.10. The van der Waals surface area contributed by atoms with Crippen LogP contribution in [0.3, 0.4) is 0 Å². The van der Waals surface area contributed by atoms with Crippen molar-refractivity contribution in [1.82, 2.24) is 0 Å². The summed E-state index contributed by atoms with van der Waals surface area (Å²) in [4.78, 5) is 10.4. The number of hydrogen-bond donors (Lipinski definition) is 1. The zero-order valence-corrected chi connectivity index (χ0v) is 12.2. The lowest BCUT2D eigenvalue weighted by Crippen LogP contribution is -1.93. The van der Waals surface area contributed by atoms with Crippen molar-refractivity contribution in [3.05, 3.63) is 23.8 Å². The molecule has 1 atom stereocenters. The van der Waals surface area contributed by atoms with Crippen molar-refractivity contribution >= 4 is 5.97 Å². The molecule has 0 aromatic rings. The molecule has 0 aromatic carbocycles. The van der Waals surface area contributed by atoms with E-state index in [0.717, 1.165) is 19.3 Å². The minimum atomic E-state index is -0.680. The van der Waals surface area contributed by atoms with Crippen LogP contribution in [0.15, 0.2) is 23.8 Å². The minimum Gasteiger partial charge on any atom is -0.481 e. The number of allylic oxidation sites excluding steroid dienone is 4. The molecule has 108 valence electrons. The van der Waals surface area contributed by atoms with Crippen molar-refractivity contribution in [1.29, 1.82) is 0 Å². The maximum Gasteiger partial charge on any atom is 0.303 e. The summed E-state index contributed by atoms with van der Waals surface area (Å²) in [7, 11) is 0. The zero-order chi connectivity index (χ0) is 13.9. The lowest BCUT2D eigenvalue weighted by Gasteiger charge is -2.05. The lowest BCUT2D eigenvalue weighted by molar-refractivity contribution is -0.137. The third-order valence-corrected chi connectivity index (χ3v) is 3.73. The maximum absolute atomic E-state index is 10.4. The average Bonchev–Trinajstić information content (AvgIpc) is 2.82. The molecule has 2 nitrogen and oxygen atoms in total. The summed E-state index contributed by atoms with van der Waals surface area (Å²) in [5, 5.41) is 8.58. The van der Waals surface area contributed by atoms with Gasteiger partial charge in [-0.1, -0.05) is 62.8 Å². The summed E-state index contributed by atoms with van der Waals surface area (Å²) in [5.74, 6) is -0.0444. The van der Waals surface area contributed by atoms with E-state index in [1.165, 1.54) is 44.1 Å². The fourth-order valence-corrected chi connectivity index (χ4v) is 2.57. The van der Waals surface area contributed by atoms with Crippen LogP contribution in [-0.4, -0.2) is 11.1 Å². The van der Waals surface area contributed by atoms with Crippen molar-refractivity contribution in [3.8, 4) is 0 Å². The number of unbranched alkanes of at least 4 members (excludes halogenated alkanes) is 5. The standard InChI is InChI=1S/C17H28O2/c1-2-3-4-5-6-9-15-12-13-16(14-15)10-7-8-11-17(18)19/h12-15H,2-11H2,1H3,(H,18,19). The van der Waals surface area contributed by atoms with Gasteiger partial charge in [-0.2, -0.15) is 0 Å². The van der Waals surface area contributed by atoms with Crippen LogP contribution in [0.1, 0.15) is 71.1 Å². The quantitative estimate of drug-likeness (QED) is 0.527. The van der Waals surface area contributed by atoms with E-state index in [9.17, 15) is 4.79 Å². The van der Waals surface area contributed by atoms with Gasteiger partial charge in [0.25, 0.3) is 0 Å². The van der Waals surface area contributed by atoms with Crippen LogP contribution in [0.4, 0.5) is 0 Å². The predicted molar refractivity (Wildman–Crippen MR) is 80.2 cm³/mol. The van der Waals surface area contributed by atoms with Crippen LogP contribution in [0, 0.1) is 5.92 Å². The molecule has 1 unspecified atom stereocenters. The van der Waals surface area contributed by atoms with E-state index in [1.807, 2.05) is 0 Å². The highest BCUT2D eigenvalue weighted by Crippen LogP contribution is 2.25. The third-order valence-electron chi connectivity index (χ3n) is 3.73. The first-order chi connectivity index (χ1) is 9.22. The molecule has 0 saturated heterocycles. The summed E-state index contributed by atoms with van der Waals surface area (Å²) in [5.41, 5.74) is 1.41. The van der Waals surface area contributed by atoms with E-state index < -0.39 is 5.97 Å². The van der Waals surface area contributed by atoms with E-state index >= 15 is 0 Å². The molecule has 0 spiro atoms. The van der Waals surface area contributed by atoms with Crippen LogP contribution in [0.5, 0.6) is 0 Å². The Morgan fingerprint density at radius 2 is 1.95 bits per heavy atom. The SMILES string of the molecule is CCCCCCCC1C=CC(CCCCC(=O)O)=C1. The molecule has 0 aliphatic heterocycles. The Morgan fingerprint density at radius 3 is 2.68 bits per heavy atom. The highest BCUT2D eigenvalue weighted by Gasteiger charge is 2.09. The Balaban J connectivity index is 2.06. The Labute approximate surface area is 117 Å². The van der Waals surface area contributed by atoms with Gasteiger partial charge >= 0.3 is 5.97 Å². The van der Waals surface area contributed by atoms with Crippen LogP contribution in [0.25, 0.3) is 0 Å². The van der Waals surface area contributed by atoms with Gasteiger partial charge in [-0.15, -0.1) is 0 Å². The van der Waals surface area contributed by atoms with Crippen molar-refractivity contribution < 1.29 is 9.90 Å². The summed E-state index contributed by atoms with van der Waals surface area (Å²) in [6.45, 7) is 2.25. The van der Waals surface area contributed by atoms with E-state index in [4.69, 9.17) is 5.11 Å². The summed E-state index contributed by atoms with van der Waals surface area (Å²) in [6, 6.07) is 0. The number of rotatable bonds is 11. The third kappa shape index (κ3) is 7.86. The molecule has 1 aliphatic rings. The number of carbonyl (C=O) groups is 1. The molecular formula is C17H28O2. The second-order valence-electron chi connectivity index (χ2n) is 5.57. The summed E-state index contributed by atoms with van der Waals surface area (Å²) < 4.78 is 0. The molecule has 1 rings (SSSR count). The Bertz CT molecular complexity index is 315. The van der Waals surface area contributed by atoms with Gasteiger partial charge in [0.2, 0.25) is 0 Å². The summed E-state index contributed by atoms with van der Waals surface area (Å²) in [6.07, 6.45) is 18.1. The second-order valence-corrected chi connectivity index (χ2v) is 5.57. The van der Waals surface area contributed by atoms with Crippen molar-refractivity contribution in [3.63, 3.8) is 0 Å². The first kappa shape index (κ1) is 16.0. The van der Waals surface area contributed by atoms with E-state index in [0.29, 0.717) is 12.3 Å². The van der Waals surface area contributed by atoms with Gasteiger partial charge in [-0.25, -0.2) is 0 Å². The Kier molecular flexibility index (Phi) is 8.28. The van der Waals surface area contributed by atoms with E-state index in [2.05, 4.69) is 25.2 Å². The van der Waals surface area contributed by atoms with E-state index in [1.54, 1.807) is 0 Å². The van der Waals surface area contributed by atoms with Gasteiger partial charge in [0.15, 0.2) is 0 Å². The van der Waals surface area contributed by atoms with Crippen LogP contribution in [0.2, 0.25) is 0 Å². The highest BCUT2D eigenvalue weighted by molar-refractivity contribution is 5.66. The van der Waals surface area contributed by atoms with E-state index in [-0.39, 0.29) is 0 Å². The molecule has 0 radical (unpaired) electrons. The number of carboxylic acid groups (broad SMARTS) is 1. The normalized spacial score (nSPS) is 17.7. The number of carboxylic acids is 1. The maximum atomic E-state index is 10.4. The van der Waals surface area contributed by atoms with Crippen molar-refractivity contribution in [2.24, 2.45) is 5.92 Å². The molecule has 1 N–H and O–H groups in total. The molecule has 0 fully saturated rings. The van der Waals surface area contributed by atoms with Crippen LogP contribution >= 0.6 is 0 Å². The minimum absolute atomic E-state index is 0.303. The van der Waals surface area contributed by atoms with Gasteiger partial charge in [0.1, 0.15) is 0 Å². The second kappa shape index (κ2) is 9.82. The molecule has 19 heavy (non-hydrogen) atoms. The van der Waals surface area contributed by atoms with Crippen LogP contribution in [-0.2, 0) is 4.79 Å². The fraction of sp³-hybridized carbons (Fsp3) is 0.706. The molecular weight excluding hydrogens is 236 g/mol. The van der Waals surface area contributed by atoms with Gasteiger partial charge in [0, 0.05) is 6.42 Å². The Morgan fingerprint density at radius 1 is 1.16 bits per heavy atom. The number of aliphatic carboxylic acids is 1. The summed E-state index contributed by atoms with van der Waals surface area (Å²) >= 11 is 0. The fourth-order valence-electron chi connectivity index (χ4n) is 2.57. The van der Waals surface area contributed by atoms with Crippen molar-refractivity contribution in [2.45, 2.75) is 71.1 Å². The lowest BCUT2D eigenvalue weighted by atomic mass is 10.0. The molecule has 1 aliphatic carbocycles. The first-order valence-electron chi connectivity index (χ1n) is 7.83. The van der Waals surface area contributed by atoms with Gasteiger partial charge in [0.05, 0.1) is 0 Å². The highest BCUT2D eigenvalue weighted by atomic mass is 16.4.